The molecule has 524 valence electrons. The molecule has 0 aromatic heterocycles. The Labute approximate surface area is 650 Å². The number of carbonyl (C=O) groups excluding carboxylic acids is 3. The van der Waals surface area contributed by atoms with Gasteiger partial charge >= 0.3 is 118 Å². The zero-order valence-electron chi connectivity index (χ0n) is 59.8. The quantitative estimate of drug-likeness (QED) is 0.0219. The number of unbranched alkanes of at least 4 members (excludes halogenated alkanes) is 30. The summed E-state index contributed by atoms with van der Waals surface area (Å²) in [5.74, 6) is -1.64. The molecule has 21 nitrogen and oxygen atoms in total. The molecule has 0 bridgehead atoms. The van der Waals surface area contributed by atoms with E-state index in [-0.39, 0.29) is 163 Å². The van der Waals surface area contributed by atoms with Crippen LogP contribution in [0.3, 0.4) is 0 Å². The number of nitrogens with one attached hydrogen (secondary N) is 2. The molecule has 0 aromatic carbocycles. The van der Waals surface area contributed by atoms with E-state index in [2.05, 4.69) is 50.5 Å². The molecule has 27 heteroatoms. The van der Waals surface area contributed by atoms with Gasteiger partial charge in [0, 0.05) is 40.3 Å². The molecule has 2 saturated heterocycles. The fraction of sp³-hybridized carbons (Fsp3) is 0.924. The van der Waals surface area contributed by atoms with E-state index in [0.29, 0.717) is 25.7 Å². The number of aliphatic hydroxyl groups excluding tert-OH is 1. The molecule has 2 rings (SSSR count). The van der Waals surface area contributed by atoms with Gasteiger partial charge in [-0.2, -0.15) is 0 Å². The van der Waals surface area contributed by atoms with Gasteiger partial charge in [-0.1, -0.05) is 220 Å². The third kappa shape index (κ3) is 50.3. The summed E-state index contributed by atoms with van der Waals surface area (Å²) in [4.78, 5) is 90.9. The molecule has 0 radical (unpaired) electrons. The Morgan fingerprint density at radius 2 is 0.903 bits per heavy atom. The van der Waals surface area contributed by atoms with Crippen LogP contribution >= 0.6 is 15.6 Å². The van der Waals surface area contributed by atoms with E-state index < -0.39 is 102 Å². The molecule has 2 amide bonds. The number of rotatable bonds is 59. The summed E-state index contributed by atoms with van der Waals surface area (Å²) < 4.78 is 77.9. The van der Waals surface area contributed by atoms with E-state index in [9.17, 15) is 48.2 Å². The summed E-state index contributed by atoms with van der Waals surface area (Å²) in [6.07, 6.45) is 28.0. The Hall–Kier alpha value is 2.25. The van der Waals surface area contributed by atoms with Gasteiger partial charge in [0.15, 0.2) is 12.6 Å². The number of allylic oxidation sites excluding steroid dienone is 2. The van der Waals surface area contributed by atoms with Crippen LogP contribution in [-0.2, 0) is 65.7 Å². The van der Waals surface area contributed by atoms with Gasteiger partial charge < -0.3 is 86.6 Å². The first-order valence-electron chi connectivity index (χ1n) is 34.9. The molecule has 3 N–H and O–H groups in total. The van der Waals surface area contributed by atoms with E-state index in [1.165, 1.54) is 58.5 Å². The van der Waals surface area contributed by atoms with Crippen molar-refractivity contribution in [2.75, 3.05) is 40.6 Å². The second kappa shape index (κ2) is 63.9. The maximum absolute atomic E-state index is 14.1. The van der Waals surface area contributed by atoms with Crippen molar-refractivity contribution in [2.45, 2.75) is 352 Å². The molecule has 11 atom stereocenters. The summed E-state index contributed by atoms with van der Waals surface area (Å²) in [7, 11) is -8.77. The number of hydrogen-bond donors (Lipinski definition) is 3. The fourth-order valence-corrected chi connectivity index (χ4v) is 12.7. The van der Waals surface area contributed by atoms with E-state index in [1.807, 2.05) is 0 Å². The number of methoxy groups -OCH3 is 2. The number of aliphatic hydroxyl groups is 1. The maximum Gasteiger partial charge on any atom is 1.00 e. The first-order chi connectivity index (χ1) is 42.9. The normalized spacial score (nSPS) is 21.9. The van der Waals surface area contributed by atoms with E-state index in [1.54, 1.807) is 7.11 Å². The largest absolute Gasteiger partial charge is 1.00 e. The first-order valence-corrected chi connectivity index (χ1v) is 37.9. The summed E-state index contributed by atoms with van der Waals surface area (Å²) in [6.45, 7) is 7.64. The van der Waals surface area contributed by atoms with Crippen LogP contribution in [0.15, 0.2) is 12.2 Å². The van der Waals surface area contributed by atoms with Crippen molar-refractivity contribution in [1.29, 1.82) is 0 Å². The molecule has 11 unspecified atom stereocenters. The zero-order valence-corrected chi connectivity index (χ0v) is 69.6. The zero-order chi connectivity index (χ0) is 65.4. The molecule has 2 aliphatic rings. The Morgan fingerprint density at radius 3 is 1.41 bits per heavy atom. The van der Waals surface area contributed by atoms with Crippen LogP contribution < -0.4 is 148 Å². The Morgan fingerprint density at radius 1 is 0.473 bits per heavy atom. The predicted molar refractivity (Wildman–Crippen MR) is 338 cm³/mol. The minimum Gasteiger partial charge on any atom is -0.790 e. The number of carbonyl (C=O) groups is 3. The average molecular weight is 1400 g/mol. The van der Waals surface area contributed by atoms with E-state index >= 15 is 0 Å². The molecule has 0 aliphatic carbocycles. The molecular weight excluding hydrogens is 1280 g/mol. The molecule has 93 heavy (non-hydrogen) atoms. The van der Waals surface area contributed by atoms with Crippen molar-refractivity contribution in [3.05, 3.63) is 12.2 Å². The van der Waals surface area contributed by atoms with Crippen molar-refractivity contribution in [3.8, 4) is 0 Å². The van der Waals surface area contributed by atoms with Crippen molar-refractivity contribution in [2.24, 2.45) is 0 Å². The summed E-state index contributed by atoms with van der Waals surface area (Å²) in [5, 5.41) is 17.7. The van der Waals surface area contributed by atoms with Gasteiger partial charge in [0.1, 0.15) is 54.5 Å². The van der Waals surface area contributed by atoms with Gasteiger partial charge in [-0.3, -0.25) is 14.4 Å². The third-order valence-corrected chi connectivity index (χ3v) is 17.8. The Bertz CT molecular complexity index is 1920. The first kappa shape index (κ1) is 99.4. The molecule has 2 aliphatic heterocycles. The average Bonchev–Trinajstić information content (AvgIpc) is 0.798. The van der Waals surface area contributed by atoms with Crippen LogP contribution in [0.4, 0.5) is 0 Å². The van der Waals surface area contributed by atoms with Crippen LogP contribution in [0, 0.1) is 0 Å². The summed E-state index contributed by atoms with van der Waals surface area (Å²) in [5.41, 5.74) is 0. The van der Waals surface area contributed by atoms with Crippen molar-refractivity contribution >= 4 is 33.2 Å². The Balaban J connectivity index is -0.0000202. The van der Waals surface area contributed by atoms with Gasteiger partial charge in [-0.25, -0.2) is 0 Å². The number of phosphoric ester groups is 2. The molecular formula is C66H122N2Na4O19P2. The smallest absolute Gasteiger partial charge is 0.790 e. The molecule has 2 fully saturated rings. The van der Waals surface area contributed by atoms with Crippen LogP contribution in [0.2, 0.25) is 0 Å². The van der Waals surface area contributed by atoms with Crippen LogP contribution in [0.25, 0.3) is 0 Å². The van der Waals surface area contributed by atoms with Gasteiger partial charge in [0.05, 0.1) is 41.4 Å². The minimum atomic E-state index is -5.90. The number of Topliss-reactive ketones (excluding diaryl/α,β-unsaturated/α-hetero) is 1. The molecule has 0 saturated carbocycles. The number of ketones is 1. The van der Waals surface area contributed by atoms with Gasteiger partial charge in [-0.15, -0.1) is 0 Å². The maximum atomic E-state index is 14.1. The van der Waals surface area contributed by atoms with Crippen LogP contribution in [0.1, 0.15) is 285 Å². The topological polar surface area (TPSA) is 305 Å². The van der Waals surface area contributed by atoms with Crippen molar-refractivity contribution in [3.63, 3.8) is 0 Å². The monoisotopic (exact) mass is 1400 g/mol. The molecule has 0 spiro atoms. The van der Waals surface area contributed by atoms with Crippen LogP contribution in [0.5, 0.6) is 0 Å². The van der Waals surface area contributed by atoms with Gasteiger partial charge in [-0.05, 0) is 57.8 Å². The van der Waals surface area contributed by atoms with E-state index in [0.717, 1.165) is 161 Å². The SMILES string of the molecule is CCCCCC/C=C\CCCCCCCCCC(=O)NC1C(OCC2OC(OP(=O)([O-])[O-])C(NC(=O)CC(=O)CCCCCCCCCCC)C(OCCCCCCCCCC)C2O)OC(COC)C(OP(=O)([O-])[O-])C1OCCC(CCCCCCC)OC.[Na+].[Na+].[Na+].[Na+]. The van der Waals surface area contributed by atoms with Crippen molar-refractivity contribution in [1.82, 2.24) is 10.6 Å². The third-order valence-electron chi connectivity index (χ3n) is 16.8. The standard InChI is InChI=1S/C66H126N2O19P2.4Na/c1-7-11-15-19-22-25-26-27-28-29-30-32-34-38-42-46-57(70)67-60-64(82-49-47-54(80-6)45-41-36-18-14-10-4)62(86-88(73,74)75)56(51-79-5)85-65(60)83-52-55-61(72)63(81-48-43-39-35-24-21-17-13-9-3)59(66(84-55)87-89(76,77)78)68-58(71)50-53(69)44-40-37-33-31-23-20-16-12-8-2;;;;/h25-26,54-56,59-66,72H,7-24,27-52H2,1-6H3,(H,67,70)(H,68,71)(H2,73,74,75)(H2,76,77,78);;;;/q;4*+1/p-4/b26-25-;;;;. The number of hydrogen-bond acceptors (Lipinski definition) is 19. The molecule has 2 heterocycles. The minimum absolute atomic E-state index is 0. The van der Waals surface area contributed by atoms with E-state index in [4.69, 9.17) is 42.2 Å². The number of ether oxygens (including phenoxy) is 7. The Kier molecular flexibility index (Phi) is 68.3. The molecule has 0 aromatic rings. The predicted octanol–water partition coefficient (Wildman–Crippen LogP) is -0.901. The number of phosphoric acid groups is 2. The second-order valence-electron chi connectivity index (χ2n) is 24.7. The van der Waals surface area contributed by atoms with Gasteiger partial charge in [0.25, 0.3) is 0 Å². The summed E-state index contributed by atoms with van der Waals surface area (Å²) in [6, 6.07) is -3.00. The van der Waals surface area contributed by atoms with Crippen LogP contribution in [-0.4, -0.2) is 131 Å². The van der Waals surface area contributed by atoms with Gasteiger partial charge in [0.2, 0.25) is 11.8 Å². The fourth-order valence-electron chi connectivity index (χ4n) is 11.7. The second-order valence-corrected chi connectivity index (χ2v) is 27.0. The summed E-state index contributed by atoms with van der Waals surface area (Å²) >= 11 is 0. The van der Waals surface area contributed by atoms with Crippen molar-refractivity contribution < 1.29 is 209 Å². The number of amides is 2.